The molecule has 2 heterocycles. The van der Waals surface area contributed by atoms with Gasteiger partial charge in [0.15, 0.2) is 0 Å². The molecule has 2 aliphatic heterocycles. The molecule has 1 amide bonds. The molecule has 2 aromatic rings. The van der Waals surface area contributed by atoms with Crippen LogP contribution in [0.15, 0.2) is 46.9 Å². The molecule has 4 rings (SSSR count). The minimum atomic E-state index is -0.613. The monoisotopic (exact) mass is 583 g/mol. The van der Waals surface area contributed by atoms with Crippen molar-refractivity contribution in [1.29, 1.82) is 0 Å². The predicted octanol–water partition coefficient (Wildman–Crippen LogP) is 6.54. The van der Waals surface area contributed by atoms with Crippen LogP contribution in [0, 0.1) is 0 Å². The average molecular weight is 585 g/mol. The molecular weight excluding hydrogens is 545 g/mol. The van der Waals surface area contributed by atoms with E-state index in [9.17, 15) is 4.79 Å². The Bertz CT molecular complexity index is 1020. The Morgan fingerprint density at radius 1 is 1.03 bits per heavy atom. The Labute approximate surface area is 251 Å². The van der Waals surface area contributed by atoms with Crippen LogP contribution >= 0.6 is 15.9 Å². The second-order valence-electron chi connectivity index (χ2n) is 10.1. The van der Waals surface area contributed by atoms with E-state index in [1.54, 1.807) is 0 Å². The zero-order valence-electron chi connectivity index (χ0n) is 21.5. The van der Waals surface area contributed by atoms with Gasteiger partial charge in [0.1, 0.15) is 11.9 Å². The summed E-state index contributed by atoms with van der Waals surface area (Å²) in [6, 6.07) is 14.5. The van der Waals surface area contributed by atoms with Gasteiger partial charge in [-0.2, -0.15) is 0 Å². The van der Waals surface area contributed by atoms with Gasteiger partial charge >= 0.3 is 35.7 Å². The fourth-order valence-corrected chi connectivity index (χ4v) is 5.06. The summed E-state index contributed by atoms with van der Waals surface area (Å²) in [4.78, 5) is 14.2. The number of fused-ring (bicyclic) bond motifs is 1. The van der Waals surface area contributed by atoms with Crippen LogP contribution in [0.5, 0.6) is 5.75 Å². The molecule has 0 aromatic heterocycles. The number of cyclic esters (lactones) is 1. The fraction of sp³-hybridized carbons (Fsp3) is 0.552. The van der Waals surface area contributed by atoms with E-state index < -0.39 is 5.79 Å². The first-order valence-electron chi connectivity index (χ1n) is 13.1. The normalized spacial score (nSPS) is 18.1. The number of nitrogens with zero attached hydrogens (tertiary/aromatic N) is 1. The van der Waals surface area contributed by atoms with Gasteiger partial charge in [0.05, 0.1) is 13.2 Å². The third kappa shape index (κ3) is 9.55. The molecule has 2 aliphatic rings. The Kier molecular flexibility index (Phi) is 12.3. The van der Waals surface area contributed by atoms with Crippen molar-refractivity contribution in [3.05, 3.63) is 63.6 Å². The van der Waals surface area contributed by atoms with Gasteiger partial charge in [-0.05, 0) is 67.5 Å². The molecule has 0 N–H and O–H groups in total. The molecule has 0 spiro atoms. The van der Waals surface area contributed by atoms with Crippen molar-refractivity contribution in [1.82, 2.24) is 4.90 Å². The van der Waals surface area contributed by atoms with Crippen molar-refractivity contribution in [3.8, 4) is 5.75 Å². The average Bonchev–Trinajstić information content (AvgIpc) is 3.22. The van der Waals surface area contributed by atoms with Crippen molar-refractivity contribution in [2.24, 2.45) is 0 Å². The van der Waals surface area contributed by atoms with Gasteiger partial charge in [-0.3, -0.25) is 0 Å². The first kappa shape index (κ1) is 30.5. The van der Waals surface area contributed by atoms with Gasteiger partial charge in [0.25, 0.3) is 0 Å². The maximum atomic E-state index is 12.4. The molecule has 0 saturated carbocycles. The molecule has 0 bridgehead atoms. The summed E-state index contributed by atoms with van der Waals surface area (Å²) >= 11 is 3.52. The van der Waals surface area contributed by atoms with Crippen LogP contribution in [-0.2, 0) is 27.2 Å². The van der Waals surface area contributed by atoms with E-state index in [0.29, 0.717) is 13.2 Å². The molecule has 1 saturated heterocycles. The number of unbranched alkanes of at least 4 members (excludes halogenated alkanes) is 4. The summed E-state index contributed by atoms with van der Waals surface area (Å²) < 4.78 is 24.2. The van der Waals surface area contributed by atoms with Crippen molar-refractivity contribution >= 4 is 51.6 Å². The van der Waals surface area contributed by atoms with Gasteiger partial charge < -0.3 is 23.8 Å². The molecule has 37 heavy (non-hydrogen) atoms. The number of benzene rings is 2. The molecule has 8 heteroatoms. The Balaban J connectivity index is 0.00000380. The number of amides is 1. The van der Waals surface area contributed by atoms with Crippen LogP contribution in [0.3, 0.4) is 0 Å². The first-order valence-corrected chi connectivity index (χ1v) is 13.9. The molecule has 0 radical (unpaired) electrons. The number of ether oxygens (including phenoxy) is 4. The molecular formula is C29H39BrNNaO5. The zero-order chi connectivity index (χ0) is 25.4. The molecule has 0 aliphatic carbocycles. The van der Waals surface area contributed by atoms with Crippen LogP contribution < -0.4 is 4.74 Å². The molecule has 198 valence electrons. The standard InChI is InChI=1S/C29H38BrNO5.Na.H/c1-29(2)34-21-24-19-23(13-14-26(24)36-29)27-20-31(28(32)35-27)15-6-3-4-7-16-33-17-8-5-10-22-11-9-12-25(30)18-22;;/h9,11-14,18-19,27H,3-8,10,15-17,20-21H2,1-2H3;;/t27-;;/m0../s1. The number of carbonyl (C=O) groups is 1. The van der Waals surface area contributed by atoms with Gasteiger partial charge in [-0.15, -0.1) is 0 Å². The second-order valence-corrected chi connectivity index (χ2v) is 11.0. The van der Waals surface area contributed by atoms with Crippen molar-refractivity contribution in [2.75, 3.05) is 26.3 Å². The van der Waals surface area contributed by atoms with E-state index in [0.717, 1.165) is 86.1 Å². The van der Waals surface area contributed by atoms with Gasteiger partial charge in [-0.25, -0.2) is 4.79 Å². The fourth-order valence-electron chi connectivity index (χ4n) is 4.61. The van der Waals surface area contributed by atoms with Crippen LogP contribution in [0.25, 0.3) is 0 Å². The third-order valence-corrected chi connectivity index (χ3v) is 7.13. The second kappa shape index (κ2) is 14.9. The summed E-state index contributed by atoms with van der Waals surface area (Å²) in [5, 5.41) is 0. The molecule has 2 aromatic carbocycles. The summed E-state index contributed by atoms with van der Waals surface area (Å²) in [5.74, 6) is 0.221. The van der Waals surface area contributed by atoms with Crippen LogP contribution in [0.4, 0.5) is 4.79 Å². The number of halogens is 1. The van der Waals surface area contributed by atoms with E-state index in [1.807, 2.05) is 36.9 Å². The van der Waals surface area contributed by atoms with Crippen molar-refractivity contribution < 1.29 is 23.7 Å². The Hall–Kier alpha value is -1.09. The van der Waals surface area contributed by atoms with Crippen molar-refractivity contribution in [2.45, 2.75) is 77.3 Å². The van der Waals surface area contributed by atoms with Gasteiger partial charge in [0, 0.05) is 43.6 Å². The molecule has 1 fully saturated rings. The topological polar surface area (TPSA) is 57.2 Å². The van der Waals surface area contributed by atoms with E-state index in [2.05, 4.69) is 40.2 Å². The summed E-state index contributed by atoms with van der Waals surface area (Å²) in [6.07, 6.45) is 7.12. The predicted molar refractivity (Wildman–Crippen MR) is 150 cm³/mol. The van der Waals surface area contributed by atoms with Crippen LogP contribution in [0.2, 0.25) is 0 Å². The minimum absolute atomic E-state index is 0. The molecule has 1 atom stereocenters. The molecule has 0 unspecified atom stereocenters. The van der Waals surface area contributed by atoms with E-state index in [4.69, 9.17) is 18.9 Å². The van der Waals surface area contributed by atoms with Crippen LogP contribution in [-0.4, -0.2) is 72.6 Å². The summed E-state index contributed by atoms with van der Waals surface area (Å²) in [5.41, 5.74) is 3.35. The first-order chi connectivity index (χ1) is 17.4. The van der Waals surface area contributed by atoms with Gasteiger partial charge in [0.2, 0.25) is 5.79 Å². The maximum absolute atomic E-state index is 12.4. The summed E-state index contributed by atoms with van der Waals surface area (Å²) in [7, 11) is 0. The zero-order valence-corrected chi connectivity index (χ0v) is 23.1. The Morgan fingerprint density at radius 3 is 2.62 bits per heavy atom. The number of hydrogen-bond acceptors (Lipinski definition) is 5. The quantitative estimate of drug-likeness (QED) is 0.198. The van der Waals surface area contributed by atoms with E-state index in [1.165, 1.54) is 5.56 Å². The number of aryl methyl sites for hydroxylation is 1. The van der Waals surface area contributed by atoms with Crippen molar-refractivity contribution in [3.63, 3.8) is 0 Å². The SMILES string of the molecule is CC1(C)OCc2cc([C@@H]3CN(CCCCCCOCCCCc4cccc(Br)c4)C(=O)O3)ccc2O1.[NaH]. The van der Waals surface area contributed by atoms with Gasteiger partial charge in [-0.1, -0.05) is 47.0 Å². The van der Waals surface area contributed by atoms with E-state index >= 15 is 0 Å². The summed E-state index contributed by atoms with van der Waals surface area (Å²) in [6.45, 7) is 7.27. The Morgan fingerprint density at radius 2 is 1.81 bits per heavy atom. The number of hydrogen-bond donors (Lipinski definition) is 0. The van der Waals surface area contributed by atoms with Crippen LogP contribution in [0.1, 0.15) is 75.2 Å². The number of rotatable bonds is 13. The third-order valence-electron chi connectivity index (χ3n) is 6.63. The molecule has 6 nitrogen and oxygen atoms in total. The van der Waals surface area contributed by atoms with E-state index in [-0.39, 0.29) is 41.8 Å². The number of carbonyl (C=O) groups excluding carboxylic acids is 1.